The van der Waals surface area contributed by atoms with Gasteiger partial charge in [0.2, 0.25) is 5.91 Å². The summed E-state index contributed by atoms with van der Waals surface area (Å²) in [5.74, 6) is 0.754. The molecule has 1 fully saturated rings. The van der Waals surface area contributed by atoms with Crippen LogP contribution in [0.15, 0.2) is 24.4 Å². The molecule has 22 heavy (non-hydrogen) atoms. The molecule has 1 N–H and O–H groups in total. The molecule has 0 saturated carbocycles. The first kappa shape index (κ1) is 15.4. The van der Waals surface area contributed by atoms with Crippen molar-refractivity contribution >= 4 is 28.4 Å². The molecule has 3 rings (SSSR count). The van der Waals surface area contributed by atoms with E-state index < -0.39 is 0 Å². The van der Waals surface area contributed by atoms with Gasteiger partial charge in [0.25, 0.3) is 0 Å². The summed E-state index contributed by atoms with van der Waals surface area (Å²) in [5.41, 5.74) is 2.18. The van der Waals surface area contributed by atoms with Gasteiger partial charge >= 0.3 is 0 Å². The Bertz CT molecular complexity index is 691. The van der Waals surface area contributed by atoms with Gasteiger partial charge in [-0.15, -0.1) is 0 Å². The predicted molar refractivity (Wildman–Crippen MR) is 91.3 cm³/mol. The highest BCUT2D eigenvalue weighted by molar-refractivity contribution is 6.31. The molecular formula is C18H23ClN2O. The van der Waals surface area contributed by atoms with Crippen LogP contribution in [-0.4, -0.2) is 28.9 Å². The lowest BCUT2D eigenvalue weighted by Gasteiger charge is -2.35. The number of hydrogen-bond donors (Lipinski definition) is 1. The van der Waals surface area contributed by atoms with E-state index >= 15 is 0 Å². The summed E-state index contributed by atoms with van der Waals surface area (Å²) < 4.78 is 0. The summed E-state index contributed by atoms with van der Waals surface area (Å²) in [7, 11) is 0. The topological polar surface area (TPSA) is 36.1 Å². The largest absolute Gasteiger partial charge is 0.361 e. The van der Waals surface area contributed by atoms with Gasteiger partial charge < -0.3 is 9.88 Å². The fourth-order valence-corrected chi connectivity index (χ4v) is 3.49. The summed E-state index contributed by atoms with van der Waals surface area (Å²) in [6, 6.07) is 5.98. The number of piperidine rings is 1. The Morgan fingerprint density at radius 3 is 2.59 bits per heavy atom. The van der Waals surface area contributed by atoms with Crippen molar-refractivity contribution in [1.29, 1.82) is 0 Å². The van der Waals surface area contributed by atoms with Gasteiger partial charge in [-0.25, -0.2) is 0 Å². The van der Waals surface area contributed by atoms with E-state index in [1.165, 1.54) is 10.9 Å². The van der Waals surface area contributed by atoms with E-state index in [1.807, 2.05) is 43.9 Å². The van der Waals surface area contributed by atoms with Gasteiger partial charge in [-0.2, -0.15) is 0 Å². The molecule has 1 amide bonds. The van der Waals surface area contributed by atoms with Gasteiger partial charge in [-0.1, -0.05) is 32.4 Å². The Labute approximate surface area is 136 Å². The number of aromatic nitrogens is 1. The van der Waals surface area contributed by atoms with E-state index in [0.717, 1.165) is 36.5 Å². The minimum atomic E-state index is -0.291. The monoisotopic (exact) mass is 318 g/mol. The molecule has 1 aliphatic heterocycles. The third-order valence-corrected chi connectivity index (χ3v) is 4.77. The van der Waals surface area contributed by atoms with Crippen molar-refractivity contribution in [2.75, 3.05) is 13.1 Å². The maximum absolute atomic E-state index is 12.4. The van der Waals surface area contributed by atoms with Crippen molar-refractivity contribution < 1.29 is 4.79 Å². The van der Waals surface area contributed by atoms with Gasteiger partial charge in [0.05, 0.1) is 0 Å². The minimum absolute atomic E-state index is 0.257. The fourth-order valence-electron chi connectivity index (χ4n) is 3.32. The normalized spacial score (nSPS) is 17.2. The van der Waals surface area contributed by atoms with E-state index in [1.54, 1.807) is 0 Å². The molecule has 4 heteroatoms. The molecule has 2 heterocycles. The standard InChI is InChI=1S/C18H23ClN2O/c1-18(2,3)17(22)21-8-6-12(7-9-21)15-11-20-16-5-4-13(19)10-14(15)16/h4-5,10-12,20H,6-9H2,1-3H3. The number of rotatable bonds is 1. The molecule has 0 unspecified atom stereocenters. The van der Waals surface area contributed by atoms with Crippen molar-refractivity contribution in [2.24, 2.45) is 5.41 Å². The molecule has 1 saturated heterocycles. The van der Waals surface area contributed by atoms with E-state index in [2.05, 4.69) is 11.2 Å². The summed E-state index contributed by atoms with van der Waals surface area (Å²) in [4.78, 5) is 17.7. The van der Waals surface area contributed by atoms with Crippen molar-refractivity contribution in [3.05, 3.63) is 35.0 Å². The van der Waals surface area contributed by atoms with E-state index in [-0.39, 0.29) is 11.3 Å². The number of benzene rings is 1. The van der Waals surface area contributed by atoms with E-state index in [4.69, 9.17) is 11.6 Å². The molecule has 1 aromatic carbocycles. The molecule has 118 valence electrons. The number of amides is 1. The van der Waals surface area contributed by atoms with Crippen LogP contribution in [-0.2, 0) is 4.79 Å². The summed E-state index contributed by atoms with van der Waals surface area (Å²) in [5, 5.41) is 1.99. The van der Waals surface area contributed by atoms with Crippen molar-refractivity contribution in [2.45, 2.75) is 39.5 Å². The molecule has 3 nitrogen and oxygen atoms in total. The first-order valence-corrected chi connectivity index (χ1v) is 8.30. The summed E-state index contributed by atoms with van der Waals surface area (Å²) in [6.45, 7) is 7.65. The van der Waals surface area contributed by atoms with E-state index in [9.17, 15) is 4.79 Å². The average Bonchev–Trinajstić information content (AvgIpc) is 2.88. The lowest BCUT2D eigenvalue weighted by Crippen LogP contribution is -2.43. The predicted octanol–water partition coefficient (Wildman–Crippen LogP) is 4.57. The van der Waals surface area contributed by atoms with Crippen LogP contribution in [0.4, 0.5) is 0 Å². The lowest BCUT2D eigenvalue weighted by molar-refractivity contribution is -0.140. The van der Waals surface area contributed by atoms with Gasteiger partial charge in [0.15, 0.2) is 0 Å². The third kappa shape index (κ3) is 2.87. The molecule has 2 aromatic rings. The maximum Gasteiger partial charge on any atom is 0.227 e. The first-order valence-electron chi connectivity index (χ1n) is 7.92. The lowest BCUT2D eigenvalue weighted by atomic mass is 9.87. The number of H-pyrrole nitrogens is 1. The molecule has 1 aromatic heterocycles. The second-order valence-corrected chi connectivity index (χ2v) is 7.69. The van der Waals surface area contributed by atoms with Crippen LogP contribution in [0.25, 0.3) is 10.9 Å². The zero-order valence-corrected chi connectivity index (χ0v) is 14.2. The highest BCUT2D eigenvalue weighted by atomic mass is 35.5. The first-order chi connectivity index (χ1) is 10.4. The van der Waals surface area contributed by atoms with Gasteiger partial charge in [-0.05, 0) is 42.5 Å². The van der Waals surface area contributed by atoms with Crippen LogP contribution in [0.2, 0.25) is 5.02 Å². The van der Waals surface area contributed by atoms with Crippen LogP contribution >= 0.6 is 11.6 Å². The Hall–Kier alpha value is -1.48. The zero-order valence-electron chi connectivity index (χ0n) is 13.4. The molecule has 0 radical (unpaired) electrons. The van der Waals surface area contributed by atoms with Crippen LogP contribution in [0, 0.1) is 5.41 Å². The van der Waals surface area contributed by atoms with Crippen LogP contribution in [0.1, 0.15) is 45.1 Å². The van der Waals surface area contributed by atoms with Crippen LogP contribution < -0.4 is 0 Å². The van der Waals surface area contributed by atoms with Crippen LogP contribution in [0.3, 0.4) is 0 Å². The maximum atomic E-state index is 12.4. The molecule has 1 aliphatic rings. The number of hydrogen-bond acceptors (Lipinski definition) is 1. The van der Waals surface area contributed by atoms with E-state index in [0.29, 0.717) is 5.92 Å². The number of likely N-dealkylation sites (tertiary alicyclic amines) is 1. The second kappa shape index (κ2) is 5.62. The smallest absolute Gasteiger partial charge is 0.227 e. The van der Waals surface area contributed by atoms with Crippen molar-refractivity contribution in [3.8, 4) is 0 Å². The number of nitrogens with zero attached hydrogens (tertiary/aromatic N) is 1. The second-order valence-electron chi connectivity index (χ2n) is 7.25. The number of carbonyl (C=O) groups excluding carboxylic acids is 1. The Kier molecular flexibility index (Phi) is 3.94. The van der Waals surface area contributed by atoms with Gasteiger partial charge in [-0.3, -0.25) is 4.79 Å². The van der Waals surface area contributed by atoms with Crippen molar-refractivity contribution in [1.82, 2.24) is 9.88 Å². The zero-order chi connectivity index (χ0) is 15.9. The summed E-state index contributed by atoms with van der Waals surface area (Å²) >= 11 is 6.13. The van der Waals surface area contributed by atoms with Gasteiger partial charge in [0.1, 0.15) is 0 Å². The average molecular weight is 319 g/mol. The SMILES string of the molecule is CC(C)(C)C(=O)N1CCC(c2c[nH]c3ccc(Cl)cc23)CC1. The summed E-state index contributed by atoms with van der Waals surface area (Å²) in [6.07, 6.45) is 4.13. The number of aromatic amines is 1. The Morgan fingerprint density at radius 2 is 1.95 bits per heavy atom. The van der Waals surface area contributed by atoms with Crippen LogP contribution in [0.5, 0.6) is 0 Å². The highest BCUT2D eigenvalue weighted by Crippen LogP contribution is 2.35. The molecular weight excluding hydrogens is 296 g/mol. The Morgan fingerprint density at radius 1 is 1.27 bits per heavy atom. The molecule has 0 aliphatic carbocycles. The molecule has 0 atom stereocenters. The quantitative estimate of drug-likeness (QED) is 0.821. The number of fused-ring (bicyclic) bond motifs is 1. The fraction of sp³-hybridized carbons (Fsp3) is 0.500. The molecule has 0 spiro atoms. The number of nitrogens with one attached hydrogen (secondary N) is 1. The third-order valence-electron chi connectivity index (χ3n) is 4.54. The number of carbonyl (C=O) groups is 1. The van der Waals surface area contributed by atoms with Crippen molar-refractivity contribution in [3.63, 3.8) is 0 Å². The van der Waals surface area contributed by atoms with Gasteiger partial charge in [0, 0.05) is 40.6 Å². The number of halogens is 1. The Balaban J connectivity index is 1.76. The minimum Gasteiger partial charge on any atom is -0.361 e. The molecule has 0 bridgehead atoms. The highest BCUT2D eigenvalue weighted by Gasteiger charge is 2.31.